The number of carboxylic acid groups (broad SMARTS) is 1. The van der Waals surface area contributed by atoms with Crippen LogP contribution in [0.3, 0.4) is 0 Å². The molecular formula is C14H19N3O5S. The Morgan fingerprint density at radius 1 is 1.48 bits per heavy atom. The Balaban J connectivity index is 1.97. The van der Waals surface area contributed by atoms with E-state index in [0.29, 0.717) is 12.2 Å². The first-order chi connectivity index (χ1) is 11.0. The predicted molar refractivity (Wildman–Crippen MR) is 84.1 cm³/mol. The summed E-state index contributed by atoms with van der Waals surface area (Å²) in [6, 6.07) is -0.793. The summed E-state index contributed by atoms with van der Waals surface area (Å²) in [7, 11) is 0. The molecule has 0 spiro atoms. The number of oxime groups is 1. The highest BCUT2D eigenvalue weighted by atomic mass is 32.2. The number of carbonyl (C=O) groups excluding carboxylic acids is 2. The molecule has 2 rings (SSSR count). The van der Waals surface area contributed by atoms with E-state index in [2.05, 4.69) is 10.5 Å². The van der Waals surface area contributed by atoms with Gasteiger partial charge in [-0.15, -0.1) is 11.8 Å². The minimum atomic E-state index is -1.16. The fraction of sp³-hybridized carbons (Fsp3) is 0.571. The third-order valence-corrected chi connectivity index (χ3v) is 4.94. The Labute approximate surface area is 137 Å². The van der Waals surface area contributed by atoms with Crippen molar-refractivity contribution in [3.63, 3.8) is 0 Å². The molecule has 8 nitrogen and oxygen atoms in total. The summed E-state index contributed by atoms with van der Waals surface area (Å²) >= 11 is 1.38. The van der Waals surface area contributed by atoms with Crippen LogP contribution in [0.1, 0.15) is 32.6 Å². The number of hydrogen-bond acceptors (Lipinski definition) is 6. The Hall–Kier alpha value is -2.03. The summed E-state index contributed by atoms with van der Waals surface area (Å²) in [5.41, 5.74) is -0.0669. The van der Waals surface area contributed by atoms with Gasteiger partial charge in [0.2, 0.25) is 0 Å². The number of carboxylic acids is 1. The number of nitrogens with zero attached hydrogens (tertiary/aromatic N) is 2. The fourth-order valence-corrected chi connectivity index (χ4v) is 3.71. The zero-order chi connectivity index (χ0) is 17.0. The van der Waals surface area contributed by atoms with Gasteiger partial charge in [-0.05, 0) is 18.9 Å². The molecular weight excluding hydrogens is 322 g/mol. The van der Waals surface area contributed by atoms with E-state index in [0.717, 1.165) is 19.3 Å². The van der Waals surface area contributed by atoms with Crippen LogP contribution >= 0.6 is 11.8 Å². The van der Waals surface area contributed by atoms with Crippen molar-refractivity contribution in [2.75, 3.05) is 5.75 Å². The SMILES string of the molecule is CCCCCC(=NO)C(=O)N[C@@H]1C(=O)N2C(C(=O)O)=CCS[C@@H]12. The number of aliphatic carboxylic acids is 1. The molecule has 0 aromatic carbocycles. The second-order valence-corrected chi connectivity index (χ2v) is 6.43. The number of rotatable bonds is 7. The van der Waals surface area contributed by atoms with E-state index in [1.807, 2.05) is 6.92 Å². The number of unbranched alkanes of at least 4 members (excludes halogenated alkanes) is 2. The molecule has 2 aliphatic rings. The van der Waals surface area contributed by atoms with Gasteiger partial charge in [-0.1, -0.05) is 24.9 Å². The summed E-state index contributed by atoms with van der Waals surface area (Å²) in [6.07, 6.45) is 4.41. The monoisotopic (exact) mass is 341 g/mol. The summed E-state index contributed by atoms with van der Waals surface area (Å²) in [6.45, 7) is 2.02. The Bertz CT molecular complexity index is 575. The minimum Gasteiger partial charge on any atom is -0.477 e. The van der Waals surface area contributed by atoms with Gasteiger partial charge in [-0.2, -0.15) is 0 Å². The number of carbonyl (C=O) groups is 3. The quantitative estimate of drug-likeness (QED) is 0.207. The van der Waals surface area contributed by atoms with Crippen LogP contribution in [-0.2, 0) is 14.4 Å². The van der Waals surface area contributed by atoms with Crippen LogP contribution in [0.5, 0.6) is 0 Å². The summed E-state index contributed by atoms with van der Waals surface area (Å²) in [5, 5.41) is 23.2. The summed E-state index contributed by atoms with van der Waals surface area (Å²) in [5.74, 6) is -1.76. The molecule has 1 saturated heterocycles. The van der Waals surface area contributed by atoms with E-state index in [-0.39, 0.29) is 11.4 Å². The van der Waals surface area contributed by atoms with Crippen LogP contribution in [0.4, 0.5) is 0 Å². The number of amides is 2. The molecule has 23 heavy (non-hydrogen) atoms. The lowest BCUT2D eigenvalue weighted by molar-refractivity contribution is -0.150. The normalized spacial score (nSPS) is 23.7. The molecule has 3 N–H and O–H groups in total. The van der Waals surface area contributed by atoms with Crippen molar-refractivity contribution in [2.24, 2.45) is 5.16 Å². The van der Waals surface area contributed by atoms with E-state index in [4.69, 9.17) is 10.3 Å². The minimum absolute atomic E-state index is 0.0143. The van der Waals surface area contributed by atoms with E-state index < -0.39 is 29.2 Å². The van der Waals surface area contributed by atoms with E-state index in [1.54, 1.807) is 0 Å². The highest BCUT2D eigenvalue weighted by molar-refractivity contribution is 8.00. The maximum atomic E-state index is 12.1. The highest BCUT2D eigenvalue weighted by Crippen LogP contribution is 2.37. The second-order valence-electron chi connectivity index (χ2n) is 5.28. The van der Waals surface area contributed by atoms with Crippen LogP contribution in [-0.4, -0.2) is 55.9 Å². The van der Waals surface area contributed by atoms with Crippen molar-refractivity contribution in [1.82, 2.24) is 10.2 Å². The first-order valence-electron chi connectivity index (χ1n) is 7.41. The zero-order valence-corrected chi connectivity index (χ0v) is 13.5. The van der Waals surface area contributed by atoms with Crippen LogP contribution in [0.25, 0.3) is 0 Å². The molecule has 0 radical (unpaired) electrons. The largest absolute Gasteiger partial charge is 0.477 e. The lowest BCUT2D eigenvalue weighted by Crippen LogP contribution is -2.70. The molecule has 126 valence electrons. The molecule has 0 bridgehead atoms. The van der Waals surface area contributed by atoms with Gasteiger partial charge in [-0.25, -0.2) is 4.79 Å². The standard InChI is InChI=1S/C14H19N3O5S/c1-2-3-4-5-8(16-22)11(18)15-10-12(19)17-9(14(20)21)6-7-23-13(10)17/h6,10,13,22H,2-5,7H2,1H3,(H,15,18)(H,20,21)/t10-,13+/m1/s1. The smallest absolute Gasteiger partial charge is 0.352 e. The highest BCUT2D eigenvalue weighted by Gasteiger charge is 2.52. The molecule has 0 saturated carbocycles. The van der Waals surface area contributed by atoms with Crippen LogP contribution in [0.15, 0.2) is 16.9 Å². The average Bonchev–Trinajstić information content (AvgIpc) is 2.55. The zero-order valence-electron chi connectivity index (χ0n) is 12.7. The van der Waals surface area contributed by atoms with Crippen molar-refractivity contribution in [1.29, 1.82) is 0 Å². The molecule has 0 aromatic rings. The lowest BCUT2D eigenvalue weighted by Gasteiger charge is -2.48. The maximum Gasteiger partial charge on any atom is 0.352 e. The first-order valence-corrected chi connectivity index (χ1v) is 8.46. The summed E-state index contributed by atoms with van der Waals surface area (Å²) < 4.78 is 0. The van der Waals surface area contributed by atoms with Crippen LogP contribution in [0, 0.1) is 0 Å². The molecule has 2 heterocycles. The number of thioether (sulfide) groups is 1. The lowest BCUT2D eigenvalue weighted by atomic mass is 10.0. The Morgan fingerprint density at radius 2 is 2.22 bits per heavy atom. The first kappa shape index (κ1) is 17.3. The number of fused-ring (bicyclic) bond motifs is 1. The molecule has 0 aromatic heterocycles. The third kappa shape index (κ3) is 3.49. The number of β-lactam (4-membered cyclic amide) rings is 1. The van der Waals surface area contributed by atoms with E-state index in [1.165, 1.54) is 22.7 Å². The molecule has 2 atom stereocenters. The van der Waals surface area contributed by atoms with Crippen molar-refractivity contribution in [3.05, 3.63) is 11.8 Å². The van der Waals surface area contributed by atoms with Gasteiger partial charge in [0.05, 0.1) is 0 Å². The van der Waals surface area contributed by atoms with Crippen molar-refractivity contribution in [2.45, 2.75) is 44.0 Å². The Morgan fingerprint density at radius 3 is 2.83 bits per heavy atom. The fourth-order valence-electron chi connectivity index (χ4n) is 2.51. The predicted octanol–water partition coefficient (Wildman–Crippen LogP) is 0.765. The van der Waals surface area contributed by atoms with Gasteiger partial charge in [-0.3, -0.25) is 14.5 Å². The van der Waals surface area contributed by atoms with Crippen LogP contribution in [0.2, 0.25) is 0 Å². The number of nitrogens with one attached hydrogen (secondary N) is 1. The number of hydrogen-bond donors (Lipinski definition) is 3. The summed E-state index contributed by atoms with van der Waals surface area (Å²) in [4.78, 5) is 36.5. The van der Waals surface area contributed by atoms with Gasteiger partial charge in [0.25, 0.3) is 11.8 Å². The van der Waals surface area contributed by atoms with Gasteiger partial charge < -0.3 is 15.6 Å². The maximum absolute atomic E-state index is 12.1. The molecule has 0 unspecified atom stereocenters. The molecule has 1 fully saturated rings. The molecule has 2 amide bonds. The van der Waals surface area contributed by atoms with E-state index >= 15 is 0 Å². The van der Waals surface area contributed by atoms with E-state index in [9.17, 15) is 14.4 Å². The molecule has 0 aliphatic carbocycles. The van der Waals surface area contributed by atoms with Gasteiger partial charge in [0.1, 0.15) is 22.8 Å². The average molecular weight is 341 g/mol. The molecule has 2 aliphatic heterocycles. The molecule has 9 heteroatoms. The topological polar surface area (TPSA) is 119 Å². The second kappa shape index (κ2) is 7.49. The van der Waals surface area contributed by atoms with Crippen molar-refractivity contribution in [3.8, 4) is 0 Å². The van der Waals surface area contributed by atoms with Gasteiger partial charge >= 0.3 is 5.97 Å². The Kier molecular flexibility index (Phi) is 5.64. The third-order valence-electron chi connectivity index (χ3n) is 3.75. The van der Waals surface area contributed by atoms with Crippen LogP contribution < -0.4 is 5.32 Å². The van der Waals surface area contributed by atoms with Crippen molar-refractivity contribution >= 4 is 35.3 Å². The van der Waals surface area contributed by atoms with Gasteiger partial charge in [0.15, 0.2) is 0 Å². The van der Waals surface area contributed by atoms with Crippen molar-refractivity contribution < 1.29 is 24.7 Å². The van der Waals surface area contributed by atoms with Gasteiger partial charge in [0, 0.05) is 5.75 Å².